The van der Waals surface area contributed by atoms with E-state index in [4.69, 9.17) is 15.9 Å². The minimum Gasteiger partial charge on any atom is -0.384 e. The van der Waals surface area contributed by atoms with E-state index < -0.39 is 0 Å². The van der Waals surface area contributed by atoms with E-state index in [1.165, 1.54) is 0 Å². The van der Waals surface area contributed by atoms with Crippen molar-refractivity contribution in [3.63, 3.8) is 0 Å². The summed E-state index contributed by atoms with van der Waals surface area (Å²) in [6, 6.07) is 5.89. The molecule has 0 bridgehead atoms. The highest BCUT2D eigenvalue weighted by Gasteiger charge is 2.26. The molecule has 0 saturated carbocycles. The molecule has 1 heterocycles. The van der Waals surface area contributed by atoms with Crippen molar-refractivity contribution in [1.82, 2.24) is 0 Å². The molecule has 0 aromatic heterocycles. The van der Waals surface area contributed by atoms with Gasteiger partial charge in [0.2, 0.25) is 0 Å². The molecular formula is C12H15BrN2OS. The first kappa shape index (κ1) is 12.9. The highest BCUT2D eigenvalue weighted by Crippen LogP contribution is 2.36. The van der Waals surface area contributed by atoms with Crippen LogP contribution in [-0.2, 0) is 4.74 Å². The molecule has 0 radical (unpaired) electrons. The molecule has 1 saturated heterocycles. The van der Waals surface area contributed by atoms with Gasteiger partial charge < -0.3 is 10.5 Å². The Morgan fingerprint density at radius 2 is 2.35 bits per heavy atom. The Morgan fingerprint density at radius 1 is 1.59 bits per heavy atom. The third-order valence-corrected chi connectivity index (χ3v) is 5.01. The SMILES string of the molecule is CC1OCCC1Sc1cccc(Br)c1C(=N)N. The topological polar surface area (TPSA) is 59.1 Å². The fourth-order valence-electron chi connectivity index (χ4n) is 1.89. The van der Waals surface area contributed by atoms with Crippen LogP contribution in [0.25, 0.3) is 0 Å². The van der Waals surface area contributed by atoms with Gasteiger partial charge in [-0.3, -0.25) is 5.41 Å². The van der Waals surface area contributed by atoms with Gasteiger partial charge in [-0.05, 0) is 41.4 Å². The zero-order valence-electron chi connectivity index (χ0n) is 9.57. The van der Waals surface area contributed by atoms with Crippen molar-refractivity contribution in [1.29, 1.82) is 5.41 Å². The molecule has 92 valence electrons. The van der Waals surface area contributed by atoms with Crippen molar-refractivity contribution in [2.45, 2.75) is 29.6 Å². The highest BCUT2D eigenvalue weighted by atomic mass is 79.9. The maximum atomic E-state index is 7.64. The Labute approximate surface area is 114 Å². The summed E-state index contributed by atoms with van der Waals surface area (Å²) in [7, 11) is 0. The van der Waals surface area contributed by atoms with E-state index >= 15 is 0 Å². The average Bonchev–Trinajstić information content (AvgIpc) is 2.64. The van der Waals surface area contributed by atoms with Gasteiger partial charge in [-0.1, -0.05) is 6.07 Å². The summed E-state index contributed by atoms with van der Waals surface area (Å²) in [5, 5.41) is 8.09. The molecule has 2 rings (SSSR count). The number of hydrogen-bond donors (Lipinski definition) is 2. The van der Waals surface area contributed by atoms with Gasteiger partial charge in [0.15, 0.2) is 0 Å². The summed E-state index contributed by atoms with van der Waals surface area (Å²) >= 11 is 5.20. The van der Waals surface area contributed by atoms with Crippen LogP contribution in [-0.4, -0.2) is 23.8 Å². The number of nitrogens with two attached hydrogens (primary N) is 1. The minimum atomic E-state index is 0.103. The van der Waals surface area contributed by atoms with Gasteiger partial charge in [0.25, 0.3) is 0 Å². The van der Waals surface area contributed by atoms with Gasteiger partial charge in [0.05, 0.1) is 6.10 Å². The molecule has 0 amide bonds. The third kappa shape index (κ3) is 2.84. The van der Waals surface area contributed by atoms with Crippen LogP contribution >= 0.6 is 27.7 Å². The Hall–Kier alpha value is -0.520. The van der Waals surface area contributed by atoms with Crippen molar-refractivity contribution in [2.24, 2.45) is 5.73 Å². The molecular weight excluding hydrogens is 300 g/mol. The second-order valence-corrected chi connectivity index (χ2v) is 6.18. The minimum absolute atomic E-state index is 0.103. The third-order valence-electron chi connectivity index (χ3n) is 2.83. The molecule has 2 unspecified atom stereocenters. The highest BCUT2D eigenvalue weighted by molar-refractivity contribution is 9.10. The lowest BCUT2D eigenvalue weighted by Gasteiger charge is -2.16. The van der Waals surface area contributed by atoms with E-state index in [-0.39, 0.29) is 11.9 Å². The van der Waals surface area contributed by atoms with Crippen LogP contribution in [0, 0.1) is 5.41 Å². The lowest BCUT2D eigenvalue weighted by molar-refractivity contribution is 0.127. The number of amidine groups is 1. The van der Waals surface area contributed by atoms with Gasteiger partial charge in [0, 0.05) is 26.8 Å². The summed E-state index contributed by atoms with van der Waals surface area (Å²) < 4.78 is 6.43. The molecule has 0 aliphatic carbocycles. The van der Waals surface area contributed by atoms with Crippen molar-refractivity contribution >= 4 is 33.5 Å². The van der Waals surface area contributed by atoms with Crippen molar-refractivity contribution in [3.05, 3.63) is 28.2 Å². The number of thioether (sulfide) groups is 1. The van der Waals surface area contributed by atoms with Crippen molar-refractivity contribution < 1.29 is 4.74 Å². The number of nitrogen functional groups attached to an aromatic ring is 1. The zero-order valence-corrected chi connectivity index (χ0v) is 12.0. The molecule has 1 aliphatic heterocycles. The quantitative estimate of drug-likeness (QED) is 0.666. The Morgan fingerprint density at radius 3 is 2.94 bits per heavy atom. The van der Waals surface area contributed by atoms with E-state index in [2.05, 4.69) is 22.9 Å². The second-order valence-electron chi connectivity index (χ2n) is 4.05. The fraction of sp³-hybridized carbons (Fsp3) is 0.417. The summed E-state index contributed by atoms with van der Waals surface area (Å²) in [6.45, 7) is 2.92. The number of rotatable bonds is 3. The number of nitrogens with one attached hydrogen (secondary N) is 1. The molecule has 5 heteroatoms. The molecule has 0 spiro atoms. The molecule has 1 aromatic carbocycles. The predicted octanol–water partition coefficient (Wildman–Crippen LogP) is 3.00. The summed E-state index contributed by atoms with van der Waals surface area (Å²) in [5.41, 5.74) is 6.42. The van der Waals surface area contributed by atoms with Crippen LogP contribution < -0.4 is 5.73 Å². The molecule has 3 N–H and O–H groups in total. The van der Waals surface area contributed by atoms with Gasteiger partial charge in [-0.2, -0.15) is 0 Å². The zero-order chi connectivity index (χ0) is 12.4. The molecule has 1 aliphatic rings. The van der Waals surface area contributed by atoms with Crippen LogP contribution in [0.3, 0.4) is 0 Å². The number of halogens is 1. The molecule has 3 nitrogen and oxygen atoms in total. The van der Waals surface area contributed by atoms with Gasteiger partial charge in [-0.15, -0.1) is 11.8 Å². The largest absolute Gasteiger partial charge is 0.384 e. The van der Waals surface area contributed by atoms with Crippen molar-refractivity contribution in [3.8, 4) is 0 Å². The van der Waals surface area contributed by atoms with Crippen LogP contribution in [0.2, 0.25) is 0 Å². The maximum Gasteiger partial charge on any atom is 0.125 e. The number of ether oxygens (including phenoxy) is 1. The van der Waals surface area contributed by atoms with Crippen LogP contribution in [0.5, 0.6) is 0 Å². The van der Waals surface area contributed by atoms with Gasteiger partial charge in [-0.25, -0.2) is 0 Å². The monoisotopic (exact) mass is 314 g/mol. The Balaban J connectivity index is 2.26. The Bertz CT molecular complexity index is 439. The maximum absolute atomic E-state index is 7.64. The Kier molecular flexibility index (Phi) is 4.12. The molecule has 2 atom stereocenters. The normalized spacial score (nSPS) is 23.9. The lowest BCUT2D eigenvalue weighted by atomic mass is 10.2. The summed E-state index contributed by atoms with van der Waals surface area (Å²) in [4.78, 5) is 1.05. The van der Waals surface area contributed by atoms with Crippen LogP contribution in [0.15, 0.2) is 27.6 Å². The first-order chi connectivity index (χ1) is 8.09. The van der Waals surface area contributed by atoms with E-state index in [1.807, 2.05) is 18.2 Å². The average molecular weight is 315 g/mol. The summed E-state index contributed by atoms with van der Waals surface area (Å²) in [5.74, 6) is 0.103. The first-order valence-electron chi connectivity index (χ1n) is 5.50. The predicted molar refractivity (Wildman–Crippen MR) is 74.8 cm³/mol. The van der Waals surface area contributed by atoms with E-state index in [1.54, 1.807) is 11.8 Å². The van der Waals surface area contributed by atoms with E-state index in [9.17, 15) is 0 Å². The second kappa shape index (κ2) is 5.42. The van der Waals surface area contributed by atoms with Crippen LogP contribution in [0.1, 0.15) is 18.9 Å². The van der Waals surface area contributed by atoms with Crippen LogP contribution in [0.4, 0.5) is 0 Å². The number of hydrogen-bond acceptors (Lipinski definition) is 3. The standard InChI is InChI=1S/C12H15BrN2OS/c1-7-9(5-6-16-7)17-10-4-2-3-8(13)11(10)12(14)15/h2-4,7,9H,5-6H2,1H3,(H3,14,15). The molecule has 1 aromatic rings. The summed E-state index contributed by atoms with van der Waals surface area (Å²) in [6.07, 6.45) is 1.31. The smallest absolute Gasteiger partial charge is 0.125 e. The van der Waals surface area contributed by atoms with E-state index in [0.29, 0.717) is 5.25 Å². The molecule has 17 heavy (non-hydrogen) atoms. The first-order valence-corrected chi connectivity index (χ1v) is 7.18. The van der Waals surface area contributed by atoms with Gasteiger partial charge in [0.1, 0.15) is 5.84 Å². The van der Waals surface area contributed by atoms with Crippen molar-refractivity contribution in [2.75, 3.05) is 6.61 Å². The fourth-order valence-corrected chi connectivity index (χ4v) is 3.91. The number of benzene rings is 1. The van der Waals surface area contributed by atoms with Gasteiger partial charge >= 0.3 is 0 Å². The lowest BCUT2D eigenvalue weighted by Crippen LogP contribution is -2.16. The van der Waals surface area contributed by atoms with E-state index in [0.717, 1.165) is 28.0 Å². The molecule has 1 fully saturated rings.